The summed E-state index contributed by atoms with van der Waals surface area (Å²) in [4.78, 5) is 18.7. The van der Waals surface area contributed by atoms with E-state index in [9.17, 15) is 9.90 Å². The van der Waals surface area contributed by atoms with Crippen LogP contribution in [0.4, 0.5) is 0 Å². The second-order valence-corrected chi connectivity index (χ2v) is 5.56. The third-order valence-electron chi connectivity index (χ3n) is 3.02. The van der Waals surface area contributed by atoms with E-state index in [1.165, 1.54) is 0 Å². The lowest BCUT2D eigenvalue weighted by Crippen LogP contribution is -2.16. The summed E-state index contributed by atoms with van der Waals surface area (Å²) in [5, 5.41) is 9.30. The first-order valence-corrected chi connectivity index (χ1v) is 6.31. The van der Waals surface area contributed by atoms with Crippen LogP contribution in [0.3, 0.4) is 0 Å². The van der Waals surface area contributed by atoms with E-state index in [-0.39, 0.29) is 11.1 Å². The zero-order valence-electron chi connectivity index (χ0n) is 12.0. The van der Waals surface area contributed by atoms with Gasteiger partial charge in [-0.05, 0) is 12.1 Å². The number of aromatic carboxylic acids is 1. The molecule has 0 unspecified atom stereocenters. The van der Waals surface area contributed by atoms with Gasteiger partial charge in [-0.15, -0.1) is 0 Å². The third-order valence-corrected chi connectivity index (χ3v) is 3.02. The Morgan fingerprint density at radius 2 is 1.95 bits per heavy atom. The van der Waals surface area contributed by atoms with Crippen molar-refractivity contribution in [3.8, 4) is 17.1 Å². The Morgan fingerprint density at radius 3 is 2.45 bits per heavy atom. The van der Waals surface area contributed by atoms with E-state index >= 15 is 0 Å². The molecule has 2 aromatic rings. The Kier molecular flexibility index (Phi) is 3.53. The van der Waals surface area contributed by atoms with Crippen LogP contribution in [-0.4, -0.2) is 28.2 Å². The summed E-state index contributed by atoms with van der Waals surface area (Å²) in [6.07, 6.45) is 0. The SMILES string of the molecule is COc1ccccc1-c1nc(C(=O)O)c(C(C)(C)C)[nH]1. The molecule has 1 aromatic carbocycles. The van der Waals surface area contributed by atoms with Gasteiger partial charge in [-0.2, -0.15) is 0 Å². The van der Waals surface area contributed by atoms with Gasteiger partial charge in [0.25, 0.3) is 0 Å². The monoisotopic (exact) mass is 274 g/mol. The van der Waals surface area contributed by atoms with Crippen molar-refractivity contribution in [2.45, 2.75) is 26.2 Å². The van der Waals surface area contributed by atoms with E-state index in [0.29, 0.717) is 17.3 Å². The Morgan fingerprint density at radius 1 is 1.30 bits per heavy atom. The lowest BCUT2D eigenvalue weighted by atomic mass is 9.91. The molecule has 0 saturated carbocycles. The molecule has 0 atom stereocenters. The van der Waals surface area contributed by atoms with Gasteiger partial charge in [-0.3, -0.25) is 0 Å². The molecule has 0 aliphatic carbocycles. The number of para-hydroxylation sites is 1. The lowest BCUT2D eigenvalue weighted by molar-refractivity contribution is 0.0688. The maximum absolute atomic E-state index is 11.4. The molecule has 2 N–H and O–H groups in total. The number of aromatic nitrogens is 2. The Bertz CT molecular complexity index is 639. The fourth-order valence-electron chi connectivity index (χ4n) is 2.04. The van der Waals surface area contributed by atoms with E-state index in [1.807, 2.05) is 45.0 Å². The van der Waals surface area contributed by atoms with Crippen molar-refractivity contribution in [1.29, 1.82) is 0 Å². The van der Waals surface area contributed by atoms with Gasteiger partial charge < -0.3 is 14.8 Å². The fourth-order valence-corrected chi connectivity index (χ4v) is 2.04. The summed E-state index contributed by atoms with van der Waals surface area (Å²) >= 11 is 0. The van der Waals surface area contributed by atoms with Crippen molar-refractivity contribution in [2.75, 3.05) is 7.11 Å². The van der Waals surface area contributed by atoms with Gasteiger partial charge >= 0.3 is 5.97 Å². The van der Waals surface area contributed by atoms with Crippen molar-refractivity contribution in [3.05, 3.63) is 35.7 Å². The van der Waals surface area contributed by atoms with Crippen LogP contribution in [0, 0.1) is 0 Å². The maximum atomic E-state index is 11.4. The molecule has 0 amide bonds. The molecule has 0 spiro atoms. The standard InChI is InChI=1S/C15H18N2O3/c1-15(2,3)12-11(14(18)19)16-13(17-12)9-7-5-6-8-10(9)20-4/h5-8H,1-4H3,(H,16,17)(H,18,19). The molecule has 5 nitrogen and oxygen atoms in total. The van der Waals surface area contributed by atoms with Crippen LogP contribution in [0.5, 0.6) is 5.75 Å². The molecule has 20 heavy (non-hydrogen) atoms. The number of rotatable bonds is 3. The van der Waals surface area contributed by atoms with E-state index < -0.39 is 5.97 Å². The number of aromatic amines is 1. The highest BCUT2D eigenvalue weighted by atomic mass is 16.5. The van der Waals surface area contributed by atoms with E-state index in [4.69, 9.17) is 4.74 Å². The van der Waals surface area contributed by atoms with Gasteiger partial charge in [-0.1, -0.05) is 32.9 Å². The minimum atomic E-state index is -1.03. The topological polar surface area (TPSA) is 75.2 Å². The molecule has 0 fully saturated rings. The Balaban J connectivity index is 2.62. The number of nitrogens with one attached hydrogen (secondary N) is 1. The number of carboxylic acid groups (broad SMARTS) is 1. The first-order valence-electron chi connectivity index (χ1n) is 6.31. The van der Waals surface area contributed by atoms with Crippen molar-refractivity contribution < 1.29 is 14.6 Å². The number of carboxylic acids is 1. The smallest absolute Gasteiger partial charge is 0.356 e. The molecule has 5 heteroatoms. The first kappa shape index (κ1) is 14.1. The van der Waals surface area contributed by atoms with Gasteiger partial charge in [0, 0.05) is 5.41 Å². The number of nitrogens with zero attached hydrogens (tertiary/aromatic N) is 1. The average molecular weight is 274 g/mol. The number of imidazole rings is 1. The number of hydrogen-bond acceptors (Lipinski definition) is 3. The van der Waals surface area contributed by atoms with Crippen LogP contribution in [0.25, 0.3) is 11.4 Å². The number of methoxy groups -OCH3 is 1. The van der Waals surface area contributed by atoms with E-state index in [2.05, 4.69) is 9.97 Å². The van der Waals surface area contributed by atoms with Gasteiger partial charge in [-0.25, -0.2) is 9.78 Å². The highest BCUT2D eigenvalue weighted by Gasteiger charge is 2.27. The first-order chi connectivity index (χ1) is 9.34. The maximum Gasteiger partial charge on any atom is 0.356 e. The minimum absolute atomic E-state index is 0.0541. The zero-order valence-corrected chi connectivity index (χ0v) is 12.0. The quantitative estimate of drug-likeness (QED) is 0.901. The molecule has 0 saturated heterocycles. The minimum Gasteiger partial charge on any atom is -0.496 e. The predicted molar refractivity (Wildman–Crippen MR) is 76.2 cm³/mol. The van der Waals surface area contributed by atoms with Crippen molar-refractivity contribution in [2.24, 2.45) is 0 Å². The summed E-state index contributed by atoms with van der Waals surface area (Å²) in [6.45, 7) is 5.83. The summed E-state index contributed by atoms with van der Waals surface area (Å²) in [6, 6.07) is 7.37. The number of hydrogen-bond donors (Lipinski definition) is 2. The zero-order chi connectivity index (χ0) is 14.9. The molecule has 106 valence electrons. The lowest BCUT2D eigenvalue weighted by Gasteiger charge is -2.16. The van der Waals surface area contributed by atoms with Crippen LogP contribution < -0.4 is 4.74 Å². The van der Waals surface area contributed by atoms with E-state index in [1.54, 1.807) is 7.11 Å². The third kappa shape index (κ3) is 2.52. The van der Waals surface area contributed by atoms with E-state index in [0.717, 1.165) is 5.56 Å². The second kappa shape index (κ2) is 5.00. The number of ether oxygens (including phenoxy) is 1. The van der Waals surface area contributed by atoms with Crippen molar-refractivity contribution in [1.82, 2.24) is 9.97 Å². The van der Waals surface area contributed by atoms with Crippen LogP contribution in [0.1, 0.15) is 37.0 Å². The summed E-state index contributed by atoms with van der Waals surface area (Å²) < 4.78 is 5.29. The normalized spacial score (nSPS) is 11.4. The molecule has 0 aliphatic rings. The summed E-state index contributed by atoms with van der Waals surface area (Å²) in [5.74, 6) is 0.121. The summed E-state index contributed by atoms with van der Waals surface area (Å²) in [7, 11) is 1.57. The second-order valence-electron chi connectivity index (χ2n) is 5.56. The molecule has 0 radical (unpaired) electrons. The highest BCUT2D eigenvalue weighted by Crippen LogP contribution is 2.31. The van der Waals surface area contributed by atoms with Crippen LogP contribution >= 0.6 is 0 Å². The molecule has 0 aliphatic heterocycles. The molecular formula is C15H18N2O3. The number of carbonyl (C=O) groups is 1. The van der Waals surface area contributed by atoms with Crippen LogP contribution in [0.2, 0.25) is 0 Å². The number of benzene rings is 1. The molecule has 2 rings (SSSR count). The van der Waals surface area contributed by atoms with Gasteiger partial charge in [0.2, 0.25) is 0 Å². The van der Waals surface area contributed by atoms with Crippen LogP contribution in [-0.2, 0) is 5.41 Å². The number of H-pyrrole nitrogens is 1. The van der Waals surface area contributed by atoms with Gasteiger partial charge in [0.05, 0.1) is 18.4 Å². The Labute approximate surface area is 117 Å². The van der Waals surface area contributed by atoms with Crippen molar-refractivity contribution in [3.63, 3.8) is 0 Å². The average Bonchev–Trinajstić information content (AvgIpc) is 2.83. The fraction of sp³-hybridized carbons (Fsp3) is 0.333. The molecule has 1 aromatic heterocycles. The summed E-state index contributed by atoms with van der Waals surface area (Å²) in [5.41, 5.74) is 1.07. The largest absolute Gasteiger partial charge is 0.496 e. The molecule has 1 heterocycles. The molecule has 0 bridgehead atoms. The van der Waals surface area contributed by atoms with Crippen LogP contribution in [0.15, 0.2) is 24.3 Å². The Hall–Kier alpha value is -2.30. The molecular weight excluding hydrogens is 256 g/mol. The predicted octanol–water partition coefficient (Wildman–Crippen LogP) is 3.08. The van der Waals surface area contributed by atoms with Crippen molar-refractivity contribution >= 4 is 5.97 Å². The van der Waals surface area contributed by atoms with Gasteiger partial charge in [0.1, 0.15) is 11.6 Å². The highest BCUT2D eigenvalue weighted by molar-refractivity contribution is 5.88. The van der Waals surface area contributed by atoms with Gasteiger partial charge in [0.15, 0.2) is 5.69 Å².